The highest BCUT2D eigenvalue weighted by Crippen LogP contribution is 2.29. The highest BCUT2D eigenvalue weighted by Gasteiger charge is 2.19. The molecule has 0 bridgehead atoms. The van der Waals surface area contributed by atoms with Crippen LogP contribution in [0.3, 0.4) is 0 Å². The Hall–Kier alpha value is -1.37. The molecule has 0 aromatic carbocycles. The highest BCUT2D eigenvalue weighted by molar-refractivity contribution is 5.42. The molecule has 0 atom stereocenters. The predicted octanol–water partition coefficient (Wildman–Crippen LogP) is 0.565. The molecule has 0 saturated carbocycles. The van der Waals surface area contributed by atoms with Crippen LogP contribution in [0, 0.1) is 0 Å². The van der Waals surface area contributed by atoms with Gasteiger partial charge in [-0.2, -0.15) is 0 Å². The number of hydrogen-bond donors (Lipinski definition) is 1. The number of nitrogens with two attached hydrogens (primary N) is 1. The van der Waals surface area contributed by atoms with Gasteiger partial charge in [-0.1, -0.05) is 0 Å². The molecule has 0 spiro atoms. The van der Waals surface area contributed by atoms with Gasteiger partial charge in [-0.3, -0.25) is 9.88 Å². The lowest BCUT2D eigenvalue weighted by Crippen LogP contribution is -2.46. The van der Waals surface area contributed by atoms with E-state index in [9.17, 15) is 0 Å². The molecule has 2 rings (SSSR count). The van der Waals surface area contributed by atoms with Gasteiger partial charge in [0.1, 0.15) is 5.69 Å². The van der Waals surface area contributed by atoms with Crippen LogP contribution in [0.25, 0.3) is 0 Å². The van der Waals surface area contributed by atoms with Crippen LogP contribution in [0.15, 0.2) is 12.3 Å². The van der Waals surface area contributed by atoms with Crippen molar-refractivity contribution in [2.24, 2.45) is 5.73 Å². The van der Waals surface area contributed by atoms with Gasteiger partial charge in [-0.05, 0) is 19.5 Å². The highest BCUT2D eigenvalue weighted by atomic mass is 16.5. The van der Waals surface area contributed by atoms with Crippen LogP contribution in [-0.2, 0) is 6.54 Å². The summed E-state index contributed by atoms with van der Waals surface area (Å²) in [4.78, 5) is 9.32. The minimum atomic E-state index is 0.740. The largest absolute Gasteiger partial charge is 0.493 e. The lowest BCUT2D eigenvalue weighted by Gasteiger charge is -2.34. The SMILES string of the molecule is COc1ccnc(CN2CCN(CCCN)CC2)c1OC. The summed E-state index contributed by atoms with van der Waals surface area (Å²) >= 11 is 0. The van der Waals surface area contributed by atoms with Gasteiger partial charge in [0, 0.05) is 45.0 Å². The Bertz CT molecular complexity index is 434. The molecule has 0 aliphatic carbocycles. The minimum absolute atomic E-state index is 0.740. The lowest BCUT2D eigenvalue weighted by atomic mass is 10.2. The summed E-state index contributed by atoms with van der Waals surface area (Å²) in [7, 11) is 3.31. The van der Waals surface area contributed by atoms with Crippen molar-refractivity contribution in [3.05, 3.63) is 18.0 Å². The third-order valence-electron chi connectivity index (χ3n) is 3.88. The van der Waals surface area contributed by atoms with Crippen molar-refractivity contribution in [1.82, 2.24) is 14.8 Å². The van der Waals surface area contributed by atoms with Crippen molar-refractivity contribution in [3.8, 4) is 11.5 Å². The number of piperazine rings is 1. The summed E-state index contributed by atoms with van der Waals surface area (Å²) in [5, 5.41) is 0. The maximum atomic E-state index is 5.56. The quantitative estimate of drug-likeness (QED) is 0.793. The molecule has 6 nitrogen and oxygen atoms in total. The van der Waals surface area contributed by atoms with Crippen LogP contribution in [0.5, 0.6) is 11.5 Å². The van der Waals surface area contributed by atoms with E-state index in [4.69, 9.17) is 15.2 Å². The second-order valence-electron chi connectivity index (χ2n) is 5.25. The third kappa shape index (κ3) is 4.30. The predicted molar refractivity (Wildman–Crippen MR) is 82.7 cm³/mol. The first kappa shape index (κ1) is 16.0. The fourth-order valence-corrected chi connectivity index (χ4v) is 2.66. The fourth-order valence-electron chi connectivity index (χ4n) is 2.66. The smallest absolute Gasteiger partial charge is 0.183 e. The number of aromatic nitrogens is 1. The number of hydrogen-bond acceptors (Lipinski definition) is 6. The summed E-state index contributed by atoms with van der Waals surface area (Å²) in [5.41, 5.74) is 6.50. The summed E-state index contributed by atoms with van der Waals surface area (Å²) in [5.74, 6) is 1.48. The molecule has 1 aliphatic rings. The molecule has 2 heterocycles. The van der Waals surface area contributed by atoms with Crippen LogP contribution in [0.1, 0.15) is 12.1 Å². The average molecular weight is 294 g/mol. The molecule has 1 aliphatic heterocycles. The van der Waals surface area contributed by atoms with Crippen LogP contribution in [0.4, 0.5) is 0 Å². The van der Waals surface area contributed by atoms with Crippen LogP contribution in [0.2, 0.25) is 0 Å². The van der Waals surface area contributed by atoms with E-state index in [0.29, 0.717) is 0 Å². The monoisotopic (exact) mass is 294 g/mol. The summed E-state index contributed by atoms with van der Waals surface area (Å²) in [6.07, 6.45) is 2.85. The fraction of sp³-hybridized carbons (Fsp3) is 0.667. The Morgan fingerprint density at radius 1 is 1.14 bits per heavy atom. The Balaban J connectivity index is 1.91. The van der Waals surface area contributed by atoms with Crippen molar-refractivity contribution in [2.75, 3.05) is 53.5 Å². The molecule has 1 fully saturated rings. The molecular weight excluding hydrogens is 268 g/mol. The lowest BCUT2D eigenvalue weighted by molar-refractivity contribution is 0.124. The van der Waals surface area contributed by atoms with Gasteiger partial charge in [-0.25, -0.2) is 0 Å². The molecule has 0 unspecified atom stereocenters. The molecule has 1 aromatic rings. The molecular formula is C15H26N4O2. The summed E-state index contributed by atoms with van der Waals surface area (Å²) in [6, 6.07) is 1.83. The number of rotatable bonds is 7. The maximum Gasteiger partial charge on any atom is 0.183 e. The van der Waals surface area contributed by atoms with Gasteiger partial charge < -0.3 is 20.1 Å². The van der Waals surface area contributed by atoms with Crippen molar-refractivity contribution >= 4 is 0 Å². The molecule has 21 heavy (non-hydrogen) atoms. The first-order valence-electron chi connectivity index (χ1n) is 7.49. The van der Waals surface area contributed by atoms with Crippen molar-refractivity contribution < 1.29 is 9.47 Å². The topological polar surface area (TPSA) is 63.9 Å². The van der Waals surface area contributed by atoms with E-state index in [0.717, 1.165) is 69.4 Å². The zero-order valence-electron chi connectivity index (χ0n) is 13.0. The van der Waals surface area contributed by atoms with E-state index in [-0.39, 0.29) is 0 Å². The van der Waals surface area contributed by atoms with Crippen LogP contribution >= 0.6 is 0 Å². The molecule has 1 aromatic heterocycles. The normalized spacial score (nSPS) is 16.9. The molecule has 118 valence electrons. The van der Waals surface area contributed by atoms with Gasteiger partial charge in [-0.15, -0.1) is 0 Å². The molecule has 6 heteroatoms. The van der Waals surface area contributed by atoms with Gasteiger partial charge in [0.05, 0.1) is 14.2 Å². The standard InChI is InChI=1S/C15H26N4O2/c1-20-14-4-6-17-13(15(14)21-2)12-19-10-8-18(9-11-19)7-3-5-16/h4,6H,3,5,7-12,16H2,1-2H3. The molecule has 0 amide bonds. The van der Waals surface area contributed by atoms with Crippen LogP contribution in [-0.4, -0.2) is 68.3 Å². The first-order valence-corrected chi connectivity index (χ1v) is 7.49. The third-order valence-corrected chi connectivity index (χ3v) is 3.88. The van der Waals surface area contributed by atoms with E-state index >= 15 is 0 Å². The minimum Gasteiger partial charge on any atom is -0.493 e. The van der Waals surface area contributed by atoms with E-state index in [2.05, 4.69) is 14.8 Å². The zero-order valence-corrected chi connectivity index (χ0v) is 13.0. The Kier molecular flexibility index (Phi) is 6.22. The van der Waals surface area contributed by atoms with Crippen molar-refractivity contribution in [1.29, 1.82) is 0 Å². The van der Waals surface area contributed by atoms with Gasteiger partial charge in [0.25, 0.3) is 0 Å². The second-order valence-corrected chi connectivity index (χ2v) is 5.25. The van der Waals surface area contributed by atoms with E-state index in [1.54, 1.807) is 20.4 Å². The molecule has 1 saturated heterocycles. The van der Waals surface area contributed by atoms with Crippen LogP contribution < -0.4 is 15.2 Å². The Morgan fingerprint density at radius 2 is 1.86 bits per heavy atom. The second kappa shape index (κ2) is 8.17. The molecule has 0 radical (unpaired) electrons. The Morgan fingerprint density at radius 3 is 2.48 bits per heavy atom. The number of ether oxygens (including phenoxy) is 2. The first-order chi connectivity index (χ1) is 10.3. The van der Waals surface area contributed by atoms with Crippen molar-refractivity contribution in [2.45, 2.75) is 13.0 Å². The van der Waals surface area contributed by atoms with E-state index in [1.807, 2.05) is 6.07 Å². The van der Waals surface area contributed by atoms with E-state index in [1.165, 1.54) is 0 Å². The zero-order chi connectivity index (χ0) is 15.1. The van der Waals surface area contributed by atoms with Gasteiger partial charge in [0.15, 0.2) is 11.5 Å². The van der Waals surface area contributed by atoms with Gasteiger partial charge in [0.2, 0.25) is 0 Å². The number of methoxy groups -OCH3 is 2. The number of pyridine rings is 1. The Labute approximate surface area is 126 Å². The van der Waals surface area contributed by atoms with Gasteiger partial charge >= 0.3 is 0 Å². The summed E-state index contributed by atoms with van der Waals surface area (Å²) < 4.78 is 10.8. The molecule has 2 N–H and O–H groups in total. The average Bonchev–Trinajstić information content (AvgIpc) is 2.54. The van der Waals surface area contributed by atoms with E-state index < -0.39 is 0 Å². The summed E-state index contributed by atoms with van der Waals surface area (Å²) in [6.45, 7) is 6.94. The van der Waals surface area contributed by atoms with Crippen molar-refractivity contribution in [3.63, 3.8) is 0 Å². The maximum absolute atomic E-state index is 5.56. The number of nitrogens with zero attached hydrogens (tertiary/aromatic N) is 3.